The normalized spacial score (nSPS) is 33.1. The quantitative estimate of drug-likeness (QED) is 0.918. The fraction of sp³-hybridized carbons (Fsp3) is 0.632. The zero-order valence-corrected chi connectivity index (χ0v) is 15.3. The van der Waals surface area contributed by atoms with E-state index in [1.807, 2.05) is 6.92 Å². The van der Waals surface area contributed by atoms with Crippen LogP contribution < -0.4 is 10.9 Å². The molecule has 0 radical (unpaired) electrons. The van der Waals surface area contributed by atoms with Crippen LogP contribution in [0.2, 0.25) is 0 Å². The van der Waals surface area contributed by atoms with E-state index in [-0.39, 0.29) is 22.4 Å². The third-order valence-electron chi connectivity index (χ3n) is 6.56. The summed E-state index contributed by atoms with van der Waals surface area (Å²) in [6.07, 6.45) is 11.1. The number of nitrogens with one attached hydrogen (secondary N) is 1. The van der Waals surface area contributed by atoms with Crippen LogP contribution in [-0.4, -0.2) is 21.8 Å². The maximum absolute atomic E-state index is 12.6. The smallest absolute Gasteiger partial charge is 0.271 e. The van der Waals surface area contributed by atoms with Crippen LogP contribution in [0.1, 0.15) is 53.8 Å². The van der Waals surface area contributed by atoms with E-state index >= 15 is 0 Å². The molecule has 4 saturated carbocycles. The van der Waals surface area contributed by atoms with Crippen molar-refractivity contribution in [3.8, 4) is 0 Å². The molecule has 2 aromatic rings. The zero-order valence-electron chi connectivity index (χ0n) is 14.5. The van der Waals surface area contributed by atoms with Gasteiger partial charge in [-0.3, -0.25) is 14.0 Å². The average molecular weight is 357 g/mol. The van der Waals surface area contributed by atoms with Gasteiger partial charge in [0.1, 0.15) is 5.56 Å². The molecule has 0 aromatic carbocycles. The van der Waals surface area contributed by atoms with Crippen LogP contribution in [0.25, 0.3) is 4.96 Å². The van der Waals surface area contributed by atoms with E-state index in [2.05, 4.69) is 10.3 Å². The summed E-state index contributed by atoms with van der Waals surface area (Å²) in [5.41, 5.74) is 0.161. The Bertz CT molecular complexity index is 878. The molecule has 1 amide bonds. The predicted octanol–water partition coefficient (Wildman–Crippen LogP) is 3.01. The molecule has 0 atom stereocenters. The molecule has 0 unspecified atom stereocenters. The molecular weight excluding hydrogens is 334 g/mol. The Hall–Kier alpha value is -1.69. The van der Waals surface area contributed by atoms with Crippen molar-refractivity contribution >= 4 is 22.2 Å². The van der Waals surface area contributed by atoms with E-state index in [0.29, 0.717) is 11.5 Å². The van der Waals surface area contributed by atoms with Gasteiger partial charge in [0.25, 0.3) is 11.5 Å². The summed E-state index contributed by atoms with van der Waals surface area (Å²) in [7, 11) is 0. The van der Waals surface area contributed by atoms with Crippen LogP contribution in [0.3, 0.4) is 0 Å². The Kier molecular flexibility index (Phi) is 3.36. The Balaban J connectivity index is 1.36. The lowest BCUT2D eigenvalue weighted by Crippen LogP contribution is -2.51. The first-order valence-electron chi connectivity index (χ1n) is 9.27. The molecular formula is C19H23N3O2S. The molecule has 0 spiro atoms. The Labute approximate surface area is 150 Å². The Morgan fingerprint density at radius 3 is 2.56 bits per heavy atom. The highest BCUT2D eigenvalue weighted by molar-refractivity contribution is 7.16. The van der Waals surface area contributed by atoms with Crippen molar-refractivity contribution in [2.24, 2.45) is 23.2 Å². The fourth-order valence-corrected chi connectivity index (χ4v) is 6.81. The molecule has 4 bridgehead atoms. The van der Waals surface area contributed by atoms with Gasteiger partial charge < -0.3 is 5.32 Å². The molecule has 6 rings (SSSR count). The van der Waals surface area contributed by atoms with Crippen molar-refractivity contribution in [1.82, 2.24) is 14.7 Å². The van der Waals surface area contributed by atoms with E-state index in [1.165, 1.54) is 60.5 Å². The van der Waals surface area contributed by atoms with Gasteiger partial charge in [0, 0.05) is 23.8 Å². The molecule has 25 heavy (non-hydrogen) atoms. The van der Waals surface area contributed by atoms with Crippen molar-refractivity contribution in [3.05, 3.63) is 33.2 Å². The van der Waals surface area contributed by atoms with Crippen LogP contribution in [0.15, 0.2) is 17.2 Å². The Morgan fingerprint density at radius 2 is 1.92 bits per heavy atom. The lowest BCUT2D eigenvalue weighted by Gasteiger charge is -2.56. The molecule has 2 aromatic heterocycles. The standard InChI is InChI=1S/C19H23N3O2S/c1-11-9-22-17(24)15(8-20-18(22)25-11)16(23)21-10-19-5-12-2-13(6-19)4-14(3-12)7-19/h8-9,12-14H,2-7,10H2,1H3,(H,21,23). The van der Waals surface area contributed by atoms with Crippen molar-refractivity contribution in [2.75, 3.05) is 6.54 Å². The van der Waals surface area contributed by atoms with E-state index in [4.69, 9.17) is 0 Å². The van der Waals surface area contributed by atoms with E-state index in [1.54, 1.807) is 6.20 Å². The molecule has 0 aliphatic heterocycles. The van der Waals surface area contributed by atoms with Gasteiger partial charge in [-0.1, -0.05) is 0 Å². The van der Waals surface area contributed by atoms with Crippen molar-refractivity contribution < 1.29 is 4.79 Å². The SMILES string of the molecule is Cc1cn2c(=O)c(C(=O)NCC34CC5CC(CC(C5)C3)C4)cnc2s1. The minimum atomic E-state index is -0.272. The zero-order chi connectivity index (χ0) is 17.2. The highest BCUT2D eigenvalue weighted by atomic mass is 32.1. The first kappa shape index (κ1) is 15.6. The summed E-state index contributed by atoms with van der Waals surface area (Å²) < 4.78 is 1.49. The number of fused-ring (bicyclic) bond motifs is 1. The molecule has 6 heteroatoms. The molecule has 4 fully saturated rings. The van der Waals surface area contributed by atoms with Crippen molar-refractivity contribution in [1.29, 1.82) is 0 Å². The number of hydrogen-bond acceptors (Lipinski definition) is 4. The second kappa shape index (κ2) is 5.40. The van der Waals surface area contributed by atoms with Gasteiger partial charge in [-0.2, -0.15) is 0 Å². The van der Waals surface area contributed by atoms with Gasteiger partial charge in [0.15, 0.2) is 4.96 Å². The van der Waals surface area contributed by atoms with Gasteiger partial charge >= 0.3 is 0 Å². The number of amides is 1. The highest BCUT2D eigenvalue weighted by Gasteiger charge is 2.50. The maximum atomic E-state index is 12.6. The van der Waals surface area contributed by atoms with E-state index in [9.17, 15) is 9.59 Å². The highest BCUT2D eigenvalue weighted by Crippen LogP contribution is 2.59. The topological polar surface area (TPSA) is 63.5 Å². The molecule has 2 heterocycles. The molecule has 132 valence electrons. The van der Waals surface area contributed by atoms with Crippen LogP contribution in [0.4, 0.5) is 0 Å². The number of carbonyl (C=O) groups excluding carboxylic acids is 1. The maximum Gasteiger partial charge on any atom is 0.271 e. The number of hydrogen-bond donors (Lipinski definition) is 1. The molecule has 0 saturated heterocycles. The summed E-state index contributed by atoms with van der Waals surface area (Å²) in [4.78, 5) is 31.2. The van der Waals surface area contributed by atoms with E-state index in [0.717, 1.165) is 22.6 Å². The summed E-state index contributed by atoms with van der Waals surface area (Å²) in [5.74, 6) is 2.31. The number of aryl methyl sites for hydroxylation is 1. The first-order valence-corrected chi connectivity index (χ1v) is 10.1. The predicted molar refractivity (Wildman–Crippen MR) is 97.0 cm³/mol. The largest absolute Gasteiger partial charge is 0.351 e. The van der Waals surface area contributed by atoms with Crippen LogP contribution in [0, 0.1) is 30.1 Å². The number of thiazole rings is 1. The van der Waals surface area contributed by atoms with Gasteiger partial charge in [-0.05, 0) is 68.6 Å². The average Bonchev–Trinajstić information content (AvgIpc) is 2.93. The van der Waals surface area contributed by atoms with Gasteiger partial charge in [0.05, 0.1) is 0 Å². The van der Waals surface area contributed by atoms with Gasteiger partial charge in [-0.15, -0.1) is 11.3 Å². The van der Waals surface area contributed by atoms with Crippen LogP contribution in [0.5, 0.6) is 0 Å². The number of rotatable bonds is 3. The molecule has 4 aliphatic rings. The second-order valence-electron chi connectivity index (χ2n) is 8.57. The van der Waals surface area contributed by atoms with Gasteiger partial charge in [0.2, 0.25) is 0 Å². The monoisotopic (exact) mass is 357 g/mol. The summed E-state index contributed by atoms with van der Waals surface area (Å²) in [5, 5.41) is 3.08. The third kappa shape index (κ3) is 2.53. The fourth-order valence-electron chi connectivity index (χ4n) is 6.02. The lowest BCUT2D eigenvalue weighted by molar-refractivity contribution is -0.0503. The number of carbonyl (C=O) groups is 1. The minimum absolute atomic E-state index is 0.153. The first-order chi connectivity index (χ1) is 12.0. The van der Waals surface area contributed by atoms with E-state index < -0.39 is 0 Å². The second-order valence-corrected chi connectivity index (χ2v) is 9.78. The lowest BCUT2D eigenvalue weighted by atomic mass is 9.49. The minimum Gasteiger partial charge on any atom is -0.351 e. The summed E-state index contributed by atoms with van der Waals surface area (Å²) in [6, 6.07) is 0. The number of nitrogens with zero attached hydrogens (tertiary/aromatic N) is 2. The molecule has 4 aliphatic carbocycles. The third-order valence-corrected chi connectivity index (χ3v) is 7.47. The van der Waals surface area contributed by atoms with Crippen molar-refractivity contribution in [3.63, 3.8) is 0 Å². The number of aromatic nitrogens is 2. The summed E-state index contributed by atoms with van der Waals surface area (Å²) in [6.45, 7) is 2.64. The Morgan fingerprint density at radius 1 is 1.28 bits per heavy atom. The summed E-state index contributed by atoms with van der Waals surface area (Å²) >= 11 is 1.46. The molecule has 5 nitrogen and oxygen atoms in total. The molecule has 1 N–H and O–H groups in total. The van der Waals surface area contributed by atoms with Crippen molar-refractivity contribution in [2.45, 2.75) is 45.4 Å². The van der Waals surface area contributed by atoms with Crippen LogP contribution >= 0.6 is 11.3 Å². The van der Waals surface area contributed by atoms with Crippen LogP contribution in [-0.2, 0) is 0 Å². The van der Waals surface area contributed by atoms with Gasteiger partial charge in [-0.25, -0.2) is 4.98 Å².